The maximum atomic E-state index is 11.5. The van der Waals surface area contributed by atoms with Crippen molar-refractivity contribution in [2.45, 2.75) is 18.8 Å². The van der Waals surface area contributed by atoms with Crippen LogP contribution in [0, 0.1) is 11.5 Å². The number of nitrogens with one attached hydrogen (secondary N) is 2. The van der Waals surface area contributed by atoms with Gasteiger partial charge < -0.3 is 14.8 Å². The molecule has 0 saturated carbocycles. The number of carbonyl (C=O) groups is 1. The summed E-state index contributed by atoms with van der Waals surface area (Å²) in [5.74, 6) is -0.00110. The summed E-state index contributed by atoms with van der Waals surface area (Å²) in [5.41, 5.74) is 2.80. The zero-order chi connectivity index (χ0) is 22.1. The van der Waals surface area contributed by atoms with Crippen LogP contribution in [0.5, 0.6) is 5.75 Å². The summed E-state index contributed by atoms with van der Waals surface area (Å²) in [6, 6.07) is 15.4. The number of H-pyrrole nitrogens is 1. The van der Waals surface area contributed by atoms with Crippen LogP contribution in [0.15, 0.2) is 59.7 Å². The van der Waals surface area contributed by atoms with Crippen LogP contribution in [-0.4, -0.2) is 40.4 Å². The lowest BCUT2D eigenvalue weighted by atomic mass is 9.88. The third kappa shape index (κ3) is 5.90. The number of ether oxygens (including phenoxy) is 1. The minimum Gasteiger partial charge on any atom is -0.493 e. The summed E-state index contributed by atoms with van der Waals surface area (Å²) >= 11 is 4.78. The molecule has 0 aliphatic carbocycles. The van der Waals surface area contributed by atoms with Gasteiger partial charge in [-0.3, -0.25) is 15.1 Å². The molecule has 8 heteroatoms. The molecular weight excluding hydrogens is 412 g/mol. The highest BCUT2D eigenvalue weighted by molar-refractivity contribution is 7.80. The Morgan fingerprint density at radius 3 is 2.84 bits per heavy atom. The van der Waals surface area contributed by atoms with E-state index < -0.39 is 5.97 Å². The number of nitrogens with zero attached hydrogens (tertiary/aromatic N) is 2. The summed E-state index contributed by atoms with van der Waals surface area (Å²) in [5, 5.41) is 22.7. The van der Waals surface area contributed by atoms with Crippen LogP contribution >= 0.6 is 12.2 Å². The molecule has 7 nitrogen and oxygen atoms in total. The maximum absolute atomic E-state index is 11.5. The first-order valence-corrected chi connectivity index (χ1v) is 10.2. The van der Waals surface area contributed by atoms with Gasteiger partial charge in [-0.25, -0.2) is 0 Å². The smallest absolute Gasteiger partial charge is 0.304 e. The van der Waals surface area contributed by atoms with Crippen molar-refractivity contribution in [1.29, 1.82) is 5.26 Å². The highest BCUT2D eigenvalue weighted by Crippen LogP contribution is 2.34. The highest BCUT2D eigenvalue weighted by Gasteiger charge is 2.21. The second-order valence-electron chi connectivity index (χ2n) is 6.84. The number of carboxylic acid groups (broad SMARTS) is 1. The molecule has 3 rings (SSSR count). The molecule has 158 valence electrons. The normalized spacial score (nSPS) is 12.2. The van der Waals surface area contributed by atoms with Crippen LogP contribution in [0.2, 0.25) is 0 Å². The molecule has 31 heavy (non-hydrogen) atoms. The van der Waals surface area contributed by atoms with Crippen molar-refractivity contribution in [2.24, 2.45) is 4.99 Å². The fourth-order valence-electron chi connectivity index (χ4n) is 3.39. The van der Waals surface area contributed by atoms with Crippen molar-refractivity contribution in [2.75, 3.05) is 13.2 Å². The molecule has 0 aliphatic heterocycles. The topological polar surface area (TPSA) is 110 Å². The number of nitriles is 1. The van der Waals surface area contributed by atoms with Crippen LogP contribution in [0.4, 0.5) is 0 Å². The number of hydrogen-bond acceptors (Lipinski definition) is 5. The Hall–Kier alpha value is -3.70. The number of fused-ring (bicyclic) bond motifs is 1. The van der Waals surface area contributed by atoms with E-state index in [1.807, 2.05) is 54.7 Å². The molecule has 3 N–H and O–H groups in total. The first kappa shape index (κ1) is 22.0. The molecule has 0 amide bonds. The molecule has 0 radical (unpaired) electrons. The molecule has 3 aromatic rings. The van der Waals surface area contributed by atoms with Gasteiger partial charge in [0.15, 0.2) is 6.19 Å². The van der Waals surface area contributed by atoms with Crippen LogP contribution < -0.4 is 10.1 Å². The number of amidine groups is 1. The Labute approximate surface area is 185 Å². The molecule has 1 unspecified atom stereocenters. The average Bonchev–Trinajstić information content (AvgIpc) is 3.20. The van der Waals surface area contributed by atoms with E-state index in [9.17, 15) is 9.90 Å². The van der Waals surface area contributed by atoms with Gasteiger partial charge in [-0.2, -0.15) is 5.26 Å². The molecule has 1 aromatic heterocycles. The first-order valence-electron chi connectivity index (χ1n) is 9.77. The summed E-state index contributed by atoms with van der Waals surface area (Å²) in [4.78, 5) is 18.9. The zero-order valence-corrected chi connectivity index (χ0v) is 17.6. The Bertz CT molecular complexity index is 1120. The van der Waals surface area contributed by atoms with E-state index in [4.69, 9.17) is 22.2 Å². The minimum atomic E-state index is -0.840. The number of carboxylic acids is 1. The quantitative estimate of drug-likeness (QED) is 0.111. The Balaban J connectivity index is 1.70. The van der Waals surface area contributed by atoms with Crippen molar-refractivity contribution >= 4 is 40.3 Å². The number of aromatic nitrogens is 1. The van der Waals surface area contributed by atoms with Gasteiger partial charge >= 0.3 is 5.97 Å². The SMILES string of the molecule is N#CNC(C=S)=NCCCOc1ccc2c(C(CC(=O)O)c3ccccc3)c[nH]c2c1. The molecule has 0 aliphatic rings. The van der Waals surface area contributed by atoms with Crippen molar-refractivity contribution in [1.82, 2.24) is 10.3 Å². The van der Waals surface area contributed by atoms with Crippen LogP contribution in [0.1, 0.15) is 29.9 Å². The van der Waals surface area contributed by atoms with Crippen LogP contribution in [0.3, 0.4) is 0 Å². The van der Waals surface area contributed by atoms with Crippen molar-refractivity contribution in [3.63, 3.8) is 0 Å². The molecule has 1 atom stereocenters. The van der Waals surface area contributed by atoms with E-state index in [0.29, 0.717) is 31.2 Å². The molecule has 1 heterocycles. The summed E-state index contributed by atoms with van der Waals surface area (Å²) < 4.78 is 5.80. The van der Waals surface area contributed by atoms with Gasteiger partial charge in [-0.1, -0.05) is 42.5 Å². The Morgan fingerprint density at radius 2 is 2.13 bits per heavy atom. The van der Waals surface area contributed by atoms with Crippen LogP contribution in [0.25, 0.3) is 10.9 Å². The fraction of sp³-hybridized carbons (Fsp3) is 0.217. The second-order valence-corrected chi connectivity index (χ2v) is 7.07. The van der Waals surface area contributed by atoms with E-state index in [1.165, 1.54) is 5.37 Å². The summed E-state index contributed by atoms with van der Waals surface area (Å²) in [6.45, 7) is 0.950. The lowest BCUT2D eigenvalue weighted by Gasteiger charge is -2.15. The third-order valence-electron chi connectivity index (χ3n) is 4.79. The zero-order valence-electron chi connectivity index (χ0n) is 16.7. The van der Waals surface area contributed by atoms with Gasteiger partial charge in [0.05, 0.1) is 13.0 Å². The van der Waals surface area contributed by atoms with E-state index in [0.717, 1.165) is 22.0 Å². The molecule has 0 saturated heterocycles. The maximum Gasteiger partial charge on any atom is 0.304 e. The predicted octanol–water partition coefficient (Wildman–Crippen LogP) is 4.01. The van der Waals surface area contributed by atoms with Crippen LogP contribution in [-0.2, 0) is 4.79 Å². The number of aromatic amines is 1. The van der Waals surface area contributed by atoms with Gasteiger partial charge in [0.25, 0.3) is 0 Å². The van der Waals surface area contributed by atoms with Gasteiger partial charge in [0.2, 0.25) is 0 Å². The van der Waals surface area contributed by atoms with Crippen molar-refractivity contribution < 1.29 is 14.6 Å². The Morgan fingerprint density at radius 1 is 1.32 bits per heavy atom. The van der Waals surface area contributed by atoms with E-state index in [-0.39, 0.29) is 12.3 Å². The number of hydrogen-bond donors (Lipinski definition) is 3. The lowest BCUT2D eigenvalue weighted by Crippen LogP contribution is -2.18. The summed E-state index contributed by atoms with van der Waals surface area (Å²) in [6.07, 6.45) is 4.34. The number of benzene rings is 2. The second kappa shape index (κ2) is 10.9. The first-order chi connectivity index (χ1) is 15.1. The van der Waals surface area contributed by atoms with Gasteiger partial charge in [-0.05, 0) is 23.3 Å². The lowest BCUT2D eigenvalue weighted by molar-refractivity contribution is -0.137. The monoisotopic (exact) mass is 434 g/mol. The summed E-state index contributed by atoms with van der Waals surface area (Å²) in [7, 11) is 0. The van der Waals surface area contributed by atoms with Crippen molar-refractivity contribution in [3.05, 3.63) is 65.9 Å². The fourth-order valence-corrected chi connectivity index (χ4v) is 3.52. The molecule has 0 spiro atoms. The predicted molar refractivity (Wildman–Crippen MR) is 124 cm³/mol. The number of rotatable bonds is 10. The number of thiocarbonyl (C=S) groups is 1. The standard InChI is InChI=1S/C23H22N4O3S/c24-15-27-22(14-31)25-9-4-10-30-17-7-8-18-20(13-26-21(18)11-17)19(12-23(28)29)16-5-2-1-3-6-16/h1-3,5-8,11,13-14,19,26H,4,9-10,12H2,(H,25,27)(H,28,29). The molecule has 0 fully saturated rings. The van der Waals surface area contributed by atoms with Gasteiger partial charge in [0, 0.05) is 47.4 Å². The van der Waals surface area contributed by atoms with Gasteiger partial charge in [0.1, 0.15) is 11.6 Å². The average molecular weight is 435 g/mol. The third-order valence-corrected chi connectivity index (χ3v) is 5.01. The number of aliphatic carboxylic acids is 1. The molecule has 2 aromatic carbocycles. The van der Waals surface area contributed by atoms with Crippen molar-refractivity contribution in [3.8, 4) is 11.9 Å². The highest BCUT2D eigenvalue weighted by atomic mass is 32.1. The largest absolute Gasteiger partial charge is 0.493 e. The number of aliphatic imine (C=N–C) groups is 1. The molecular formula is C23H22N4O3S. The van der Waals surface area contributed by atoms with E-state index in [2.05, 4.69) is 15.3 Å². The van der Waals surface area contributed by atoms with Gasteiger partial charge in [-0.15, -0.1) is 0 Å². The van der Waals surface area contributed by atoms with E-state index in [1.54, 1.807) is 6.19 Å². The minimum absolute atomic E-state index is 0.0140. The molecule has 0 bridgehead atoms. The van der Waals surface area contributed by atoms with E-state index >= 15 is 0 Å². The Kier molecular flexibility index (Phi) is 7.73.